The lowest BCUT2D eigenvalue weighted by atomic mass is 10.2. The Bertz CT molecular complexity index is 630. The van der Waals surface area contributed by atoms with E-state index >= 15 is 0 Å². The van der Waals surface area contributed by atoms with Crippen molar-refractivity contribution >= 4 is 5.91 Å². The van der Waals surface area contributed by atoms with Gasteiger partial charge in [0.05, 0.1) is 12.1 Å². The van der Waals surface area contributed by atoms with Crippen molar-refractivity contribution in [2.45, 2.75) is 19.4 Å². The normalized spacial score (nSPS) is 17.8. The Hall–Kier alpha value is -2.43. The summed E-state index contributed by atoms with van der Waals surface area (Å²) in [7, 11) is 0. The number of aromatic nitrogens is 2. The molecule has 0 bridgehead atoms. The number of likely N-dealkylation sites (tertiary alicyclic amines) is 1. The molecule has 5 nitrogen and oxygen atoms in total. The molecule has 0 saturated carbocycles. The van der Waals surface area contributed by atoms with Crippen LogP contribution in [0.4, 0.5) is 0 Å². The van der Waals surface area contributed by atoms with Gasteiger partial charge in [-0.25, -0.2) is 4.98 Å². The smallest absolute Gasteiger partial charge is 0.255 e. The minimum Gasteiger partial charge on any atom is -0.472 e. The van der Waals surface area contributed by atoms with Crippen LogP contribution in [0.2, 0.25) is 0 Å². The predicted octanol–water partition coefficient (Wildman–Crippen LogP) is 2.08. The Labute approximate surface area is 123 Å². The van der Waals surface area contributed by atoms with Gasteiger partial charge in [-0.2, -0.15) is 0 Å². The van der Waals surface area contributed by atoms with Crippen molar-refractivity contribution in [2.75, 3.05) is 13.1 Å². The van der Waals surface area contributed by atoms with Gasteiger partial charge in [0, 0.05) is 37.1 Å². The van der Waals surface area contributed by atoms with Crippen LogP contribution in [0.1, 0.15) is 22.5 Å². The van der Waals surface area contributed by atoms with Crippen LogP contribution in [0.3, 0.4) is 0 Å². The third-order valence-electron chi connectivity index (χ3n) is 3.59. The Morgan fingerprint density at radius 2 is 2.10 bits per heavy atom. The van der Waals surface area contributed by atoms with Crippen molar-refractivity contribution < 1.29 is 9.53 Å². The SMILES string of the molecule is Cc1ncccc1C(=O)N1CCC(Oc2ccccn2)C1. The van der Waals surface area contributed by atoms with E-state index in [2.05, 4.69) is 9.97 Å². The van der Waals surface area contributed by atoms with Crippen LogP contribution in [0.15, 0.2) is 42.7 Å². The molecule has 2 aromatic rings. The average Bonchev–Trinajstić information content (AvgIpc) is 2.97. The molecule has 1 saturated heterocycles. The first-order valence-corrected chi connectivity index (χ1v) is 7.02. The van der Waals surface area contributed by atoms with E-state index in [1.807, 2.05) is 36.1 Å². The number of rotatable bonds is 3. The maximum absolute atomic E-state index is 12.5. The molecule has 1 atom stereocenters. The molecule has 3 heterocycles. The number of amides is 1. The quantitative estimate of drug-likeness (QED) is 0.865. The molecule has 1 aliphatic rings. The number of carbonyl (C=O) groups excluding carboxylic acids is 1. The molecular weight excluding hydrogens is 266 g/mol. The fourth-order valence-electron chi connectivity index (χ4n) is 2.48. The summed E-state index contributed by atoms with van der Waals surface area (Å²) in [5.74, 6) is 0.627. The minimum atomic E-state index is 0.000766. The second-order valence-corrected chi connectivity index (χ2v) is 5.08. The zero-order valence-electron chi connectivity index (χ0n) is 11.9. The minimum absolute atomic E-state index is 0.000766. The van der Waals surface area contributed by atoms with E-state index in [1.165, 1.54) is 0 Å². The lowest BCUT2D eigenvalue weighted by molar-refractivity contribution is 0.0770. The molecule has 1 aliphatic heterocycles. The van der Waals surface area contributed by atoms with E-state index < -0.39 is 0 Å². The molecule has 0 aromatic carbocycles. The Kier molecular flexibility index (Phi) is 3.81. The highest BCUT2D eigenvalue weighted by Crippen LogP contribution is 2.19. The van der Waals surface area contributed by atoms with Crippen molar-refractivity contribution in [1.29, 1.82) is 0 Å². The lowest BCUT2D eigenvalue weighted by Crippen LogP contribution is -2.31. The number of carbonyl (C=O) groups is 1. The number of pyridine rings is 2. The number of nitrogens with zero attached hydrogens (tertiary/aromatic N) is 3. The number of hydrogen-bond acceptors (Lipinski definition) is 4. The van der Waals surface area contributed by atoms with Crippen LogP contribution in [0.5, 0.6) is 5.88 Å². The molecule has 0 N–H and O–H groups in total. The Balaban J connectivity index is 1.65. The average molecular weight is 283 g/mol. The summed E-state index contributed by atoms with van der Waals surface area (Å²) in [6.45, 7) is 3.14. The number of hydrogen-bond donors (Lipinski definition) is 0. The molecule has 1 unspecified atom stereocenters. The number of ether oxygens (including phenoxy) is 1. The largest absolute Gasteiger partial charge is 0.472 e. The van der Waals surface area contributed by atoms with Crippen molar-refractivity contribution in [2.24, 2.45) is 0 Å². The molecule has 21 heavy (non-hydrogen) atoms. The van der Waals surface area contributed by atoms with Gasteiger partial charge in [0.15, 0.2) is 0 Å². The molecule has 0 aliphatic carbocycles. The lowest BCUT2D eigenvalue weighted by Gasteiger charge is -2.17. The second-order valence-electron chi connectivity index (χ2n) is 5.08. The van der Waals surface area contributed by atoms with Crippen LogP contribution in [-0.4, -0.2) is 40.0 Å². The summed E-state index contributed by atoms with van der Waals surface area (Å²) >= 11 is 0. The molecule has 2 aromatic heterocycles. The van der Waals surface area contributed by atoms with Gasteiger partial charge in [0.2, 0.25) is 5.88 Å². The topological polar surface area (TPSA) is 55.3 Å². The van der Waals surface area contributed by atoms with Crippen molar-refractivity contribution in [3.05, 3.63) is 54.0 Å². The second kappa shape index (κ2) is 5.91. The zero-order chi connectivity index (χ0) is 14.7. The molecule has 5 heteroatoms. The van der Waals surface area contributed by atoms with Gasteiger partial charge in [-0.3, -0.25) is 9.78 Å². The maximum atomic E-state index is 12.5. The van der Waals surface area contributed by atoms with Gasteiger partial charge in [-0.1, -0.05) is 6.07 Å². The number of aryl methyl sites for hydroxylation is 1. The zero-order valence-corrected chi connectivity index (χ0v) is 11.9. The van der Waals surface area contributed by atoms with Crippen LogP contribution in [0.25, 0.3) is 0 Å². The van der Waals surface area contributed by atoms with E-state index in [1.54, 1.807) is 18.5 Å². The first-order valence-electron chi connectivity index (χ1n) is 7.02. The molecule has 1 fully saturated rings. The van der Waals surface area contributed by atoms with Crippen LogP contribution >= 0.6 is 0 Å². The Morgan fingerprint density at radius 3 is 2.86 bits per heavy atom. The third kappa shape index (κ3) is 3.02. The predicted molar refractivity (Wildman–Crippen MR) is 78.1 cm³/mol. The van der Waals surface area contributed by atoms with Crippen molar-refractivity contribution in [3.63, 3.8) is 0 Å². The van der Waals surface area contributed by atoms with E-state index in [4.69, 9.17) is 4.74 Å². The molecule has 0 radical (unpaired) electrons. The van der Waals surface area contributed by atoms with Crippen molar-refractivity contribution in [1.82, 2.24) is 14.9 Å². The van der Waals surface area contributed by atoms with Gasteiger partial charge in [-0.05, 0) is 25.1 Å². The summed E-state index contributed by atoms with van der Waals surface area (Å²) in [5.41, 5.74) is 1.42. The summed E-state index contributed by atoms with van der Waals surface area (Å²) in [6.07, 6.45) is 4.22. The summed E-state index contributed by atoms with van der Waals surface area (Å²) < 4.78 is 5.80. The van der Waals surface area contributed by atoms with Gasteiger partial charge in [0.1, 0.15) is 6.10 Å². The van der Waals surface area contributed by atoms with Crippen molar-refractivity contribution in [3.8, 4) is 5.88 Å². The van der Waals surface area contributed by atoms with Gasteiger partial charge >= 0.3 is 0 Å². The van der Waals surface area contributed by atoms with E-state index in [9.17, 15) is 4.79 Å². The molecular formula is C16H17N3O2. The summed E-state index contributed by atoms with van der Waals surface area (Å²) in [6, 6.07) is 9.17. The highest BCUT2D eigenvalue weighted by atomic mass is 16.5. The Morgan fingerprint density at radius 1 is 1.24 bits per heavy atom. The monoisotopic (exact) mass is 283 g/mol. The maximum Gasteiger partial charge on any atom is 0.255 e. The van der Waals surface area contributed by atoms with Gasteiger partial charge in [-0.15, -0.1) is 0 Å². The van der Waals surface area contributed by atoms with Gasteiger partial charge < -0.3 is 9.64 Å². The van der Waals surface area contributed by atoms with E-state index in [0.717, 1.165) is 12.1 Å². The summed E-state index contributed by atoms with van der Waals surface area (Å²) in [4.78, 5) is 22.6. The highest BCUT2D eigenvalue weighted by molar-refractivity contribution is 5.95. The molecule has 0 spiro atoms. The van der Waals surface area contributed by atoms with E-state index in [-0.39, 0.29) is 12.0 Å². The first kappa shape index (κ1) is 13.5. The third-order valence-corrected chi connectivity index (χ3v) is 3.59. The molecule has 108 valence electrons. The summed E-state index contributed by atoms with van der Waals surface area (Å²) in [5, 5.41) is 0. The fourth-order valence-corrected chi connectivity index (χ4v) is 2.48. The highest BCUT2D eigenvalue weighted by Gasteiger charge is 2.29. The first-order chi connectivity index (χ1) is 10.2. The van der Waals surface area contributed by atoms with E-state index in [0.29, 0.717) is 24.5 Å². The molecule has 3 rings (SSSR count). The molecule has 1 amide bonds. The van der Waals surface area contributed by atoms with Crippen LogP contribution in [-0.2, 0) is 0 Å². The van der Waals surface area contributed by atoms with Crippen LogP contribution < -0.4 is 4.74 Å². The van der Waals surface area contributed by atoms with Crippen LogP contribution in [0, 0.1) is 6.92 Å². The fraction of sp³-hybridized carbons (Fsp3) is 0.312. The standard InChI is InChI=1S/C16H17N3O2/c1-12-14(5-4-9-17-12)16(20)19-10-7-13(11-19)21-15-6-2-3-8-18-15/h2-6,8-9,13H,7,10-11H2,1H3. The van der Waals surface area contributed by atoms with Gasteiger partial charge in [0.25, 0.3) is 5.91 Å².